The van der Waals surface area contributed by atoms with Gasteiger partial charge in [-0.05, 0) is 42.8 Å². The van der Waals surface area contributed by atoms with Gasteiger partial charge >= 0.3 is 0 Å². The Balaban J connectivity index is 1.37. The van der Waals surface area contributed by atoms with Gasteiger partial charge in [-0.1, -0.05) is 6.07 Å². The Labute approximate surface area is 164 Å². The number of amides is 2. The summed E-state index contributed by atoms with van der Waals surface area (Å²) in [5.74, 6) is 1.91. The van der Waals surface area contributed by atoms with E-state index in [9.17, 15) is 9.59 Å². The normalized spacial score (nSPS) is 13.3. The molecule has 1 saturated heterocycles. The molecule has 7 nitrogen and oxygen atoms in total. The van der Waals surface area contributed by atoms with Crippen molar-refractivity contribution < 1.29 is 23.8 Å². The van der Waals surface area contributed by atoms with Crippen LogP contribution < -0.4 is 24.4 Å². The maximum Gasteiger partial charge on any atom is 0.258 e. The third-order valence-corrected chi connectivity index (χ3v) is 4.33. The highest BCUT2D eigenvalue weighted by molar-refractivity contribution is 5.95. The average Bonchev–Trinajstić information content (AvgIpc) is 3.16. The molecule has 1 heterocycles. The molecule has 0 radical (unpaired) electrons. The minimum Gasteiger partial charge on any atom is -0.497 e. The van der Waals surface area contributed by atoms with Crippen LogP contribution in [-0.4, -0.2) is 45.2 Å². The lowest BCUT2D eigenvalue weighted by molar-refractivity contribution is -0.123. The molecule has 0 saturated carbocycles. The zero-order chi connectivity index (χ0) is 19.8. The Bertz CT molecular complexity index is 807. The maximum atomic E-state index is 11.9. The standard InChI is InChI=1S/C21H24N2O5/c1-26-17-7-9-18(10-8-17)27-13-11-22-20(24)15-28-19-5-2-4-16(14-19)23-12-3-6-21(23)25/h2,4-5,7-10,14H,3,6,11-13,15H2,1H3,(H,22,24). The number of anilines is 1. The van der Waals surface area contributed by atoms with Gasteiger partial charge in [-0.3, -0.25) is 9.59 Å². The Kier molecular flexibility index (Phi) is 6.73. The summed E-state index contributed by atoms with van der Waals surface area (Å²) in [4.78, 5) is 25.5. The van der Waals surface area contributed by atoms with E-state index in [-0.39, 0.29) is 18.4 Å². The minimum atomic E-state index is -0.235. The van der Waals surface area contributed by atoms with E-state index in [1.54, 1.807) is 24.1 Å². The number of carbonyl (C=O) groups excluding carboxylic acids is 2. The first-order valence-electron chi connectivity index (χ1n) is 9.22. The summed E-state index contributed by atoms with van der Waals surface area (Å²) in [6.45, 7) is 1.35. The topological polar surface area (TPSA) is 77.1 Å². The molecule has 1 fully saturated rings. The molecular formula is C21H24N2O5. The highest BCUT2D eigenvalue weighted by Gasteiger charge is 2.21. The summed E-state index contributed by atoms with van der Waals surface area (Å²) in [6.07, 6.45) is 1.44. The van der Waals surface area contributed by atoms with E-state index in [4.69, 9.17) is 14.2 Å². The van der Waals surface area contributed by atoms with Gasteiger partial charge in [0.15, 0.2) is 6.61 Å². The van der Waals surface area contributed by atoms with Crippen LogP contribution >= 0.6 is 0 Å². The lowest BCUT2D eigenvalue weighted by atomic mass is 10.3. The van der Waals surface area contributed by atoms with E-state index in [0.29, 0.717) is 31.1 Å². The molecule has 28 heavy (non-hydrogen) atoms. The van der Waals surface area contributed by atoms with E-state index in [1.165, 1.54) is 0 Å². The third kappa shape index (κ3) is 5.39. The molecule has 0 unspecified atom stereocenters. The Morgan fingerprint density at radius 2 is 1.86 bits per heavy atom. The van der Waals surface area contributed by atoms with Gasteiger partial charge in [0.05, 0.1) is 13.7 Å². The van der Waals surface area contributed by atoms with Gasteiger partial charge in [0, 0.05) is 24.7 Å². The number of nitrogens with one attached hydrogen (secondary N) is 1. The van der Waals surface area contributed by atoms with Crippen LogP contribution in [0.4, 0.5) is 5.69 Å². The van der Waals surface area contributed by atoms with Crippen LogP contribution in [0, 0.1) is 0 Å². The van der Waals surface area contributed by atoms with E-state index in [0.717, 1.165) is 24.4 Å². The number of rotatable bonds is 9. The van der Waals surface area contributed by atoms with E-state index in [2.05, 4.69) is 5.32 Å². The van der Waals surface area contributed by atoms with Crippen LogP contribution in [0.25, 0.3) is 0 Å². The summed E-state index contributed by atoms with van der Waals surface area (Å²) >= 11 is 0. The fraction of sp³-hybridized carbons (Fsp3) is 0.333. The number of ether oxygens (including phenoxy) is 3. The number of nitrogens with zero attached hydrogens (tertiary/aromatic N) is 1. The van der Waals surface area contributed by atoms with E-state index < -0.39 is 0 Å². The van der Waals surface area contributed by atoms with Crippen molar-refractivity contribution in [3.63, 3.8) is 0 Å². The van der Waals surface area contributed by atoms with Gasteiger partial charge in [0.1, 0.15) is 23.9 Å². The van der Waals surface area contributed by atoms with Gasteiger partial charge in [-0.25, -0.2) is 0 Å². The molecule has 2 aromatic carbocycles. The fourth-order valence-electron chi connectivity index (χ4n) is 2.89. The molecule has 0 atom stereocenters. The average molecular weight is 384 g/mol. The highest BCUT2D eigenvalue weighted by Crippen LogP contribution is 2.25. The SMILES string of the molecule is COc1ccc(OCCNC(=O)COc2cccc(N3CCCC3=O)c2)cc1. The molecule has 0 bridgehead atoms. The van der Waals surface area contributed by atoms with Crippen LogP contribution in [0.1, 0.15) is 12.8 Å². The van der Waals surface area contributed by atoms with Crippen molar-refractivity contribution in [2.24, 2.45) is 0 Å². The minimum absolute atomic E-state index is 0.0973. The third-order valence-electron chi connectivity index (χ3n) is 4.33. The highest BCUT2D eigenvalue weighted by atomic mass is 16.5. The van der Waals surface area contributed by atoms with Gasteiger partial charge in [-0.15, -0.1) is 0 Å². The largest absolute Gasteiger partial charge is 0.497 e. The molecule has 148 valence electrons. The van der Waals surface area contributed by atoms with Crippen molar-refractivity contribution in [1.82, 2.24) is 5.32 Å². The zero-order valence-corrected chi connectivity index (χ0v) is 15.8. The second-order valence-corrected chi connectivity index (χ2v) is 6.31. The summed E-state index contributed by atoms with van der Waals surface area (Å²) in [7, 11) is 1.61. The zero-order valence-electron chi connectivity index (χ0n) is 15.8. The molecule has 0 spiro atoms. The van der Waals surface area contributed by atoms with Crippen LogP contribution in [-0.2, 0) is 9.59 Å². The van der Waals surface area contributed by atoms with Gasteiger partial charge in [0.25, 0.3) is 5.91 Å². The number of methoxy groups -OCH3 is 1. The molecule has 2 amide bonds. The second-order valence-electron chi connectivity index (χ2n) is 6.31. The van der Waals surface area contributed by atoms with Gasteiger partial charge in [0.2, 0.25) is 5.91 Å². The number of hydrogen-bond donors (Lipinski definition) is 1. The van der Waals surface area contributed by atoms with E-state index in [1.807, 2.05) is 36.4 Å². The van der Waals surface area contributed by atoms with Crippen molar-refractivity contribution in [3.8, 4) is 17.2 Å². The Morgan fingerprint density at radius 1 is 1.07 bits per heavy atom. The predicted molar refractivity (Wildman–Crippen MR) is 105 cm³/mol. The van der Waals surface area contributed by atoms with Crippen molar-refractivity contribution in [2.75, 3.05) is 38.3 Å². The number of benzene rings is 2. The predicted octanol–water partition coefficient (Wildman–Crippen LogP) is 2.40. The molecule has 3 rings (SSSR count). The molecule has 1 N–H and O–H groups in total. The Morgan fingerprint density at radius 3 is 2.57 bits per heavy atom. The first-order valence-corrected chi connectivity index (χ1v) is 9.22. The van der Waals surface area contributed by atoms with Crippen LogP contribution in [0.3, 0.4) is 0 Å². The van der Waals surface area contributed by atoms with Crippen LogP contribution in [0.5, 0.6) is 17.2 Å². The smallest absolute Gasteiger partial charge is 0.258 e. The van der Waals surface area contributed by atoms with Gasteiger partial charge < -0.3 is 24.4 Å². The second kappa shape index (κ2) is 9.64. The molecule has 7 heteroatoms. The Hall–Kier alpha value is -3.22. The first-order chi connectivity index (χ1) is 13.7. The first kappa shape index (κ1) is 19.5. The van der Waals surface area contributed by atoms with Crippen LogP contribution in [0.15, 0.2) is 48.5 Å². The molecule has 1 aliphatic heterocycles. The molecule has 1 aliphatic rings. The summed E-state index contributed by atoms with van der Waals surface area (Å²) in [5.41, 5.74) is 0.799. The summed E-state index contributed by atoms with van der Waals surface area (Å²) in [6, 6.07) is 14.5. The monoisotopic (exact) mass is 384 g/mol. The van der Waals surface area contributed by atoms with Crippen molar-refractivity contribution in [1.29, 1.82) is 0 Å². The van der Waals surface area contributed by atoms with Crippen molar-refractivity contribution in [2.45, 2.75) is 12.8 Å². The molecule has 2 aromatic rings. The van der Waals surface area contributed by atoms with Crippen LogP contribution in [0.2, 0.25) is 0 Å². The molecule has 0 aromatic heterocycles. The van der Waals surface area contributed by atoms with Gasteiger partial charge in [-0.2, -0.15) is 0 Å². The number of hydrogen-bond acceptors (Lipinski definition) is 5. The molecule has 0 aliphatic carbocycles. The summed E-state index contributed by atoms with van der Waals surface area (Å²) < 4.78 is 16.2. The summed E-state index contributed by atoms with van der Waals surface area (Å²) in [5, 5.41) is 2.74. The van der Waals surface area contributed by atoms with Crippen molar-refractivity contribution in [3.05, 3.63) is 48.5 Å². The molecular weight excluding hydrogens is 360 g/mol. The lowest BCUT2D eigenvalue weighted by Crippen LogP contribution is -2.32. The van der Waals surface area contributed by atoms with Crippen molar-refractivity contribution >= 4 is 17.5 Å². The lowest BCUT2D eigenvalue weighted by Gasteiger charge is -2.16. The van der Waals surface area contributed by atoms with E-state index >= 15 is 0 Å². The number of carbonyl (C=O) groups is 2. The fourth-order valence-corrected chi connectivity index (χ4v) is 2.89. The maximum absolute atomic E-state index is 11.9. The quantitative estimate of drug-likeness (QED) is 0.672.